The normalized spacial score (nSPS) is 18.6. The first kappa shape index (κ1) is 10.9. The Morgan fingerprint density at radius 3 is 2.67 bits per heavy atom. The van der Waals surface area contributed by atoms with Gasteiger partial charge >= 0.3 is 0 Å². The van der Waals surface area contributed by atoms with Crippen LogP contribution in [-0.4, -0.2) is 13.1 Å². The maximum atomic E-state index is 13.6. The van der Waals surface area contributed by atoms with Gasteiger partial charge in [-0.05, 0) is 36.0 Å². The molecule has 1 aromatic carbocycles. The Morgan fingerprint density at radius 2 is 2.20 bits per heavy atom. The molecule has 1 aliphatic rings. The molecule has 0 aromatic heterocycles. The minimum Gasteiger partial charge on any atom is -0.316 e. The largest absolute Gasteiger partial charge is 0.316 e. The van der Waals surface area contributed by atoms with Crippen LogP contribution in [0.3, 0.4) is 0 Å². The topological polar surface area (TPSA) is 12.0 Å². The maximum Gasteiger partial charge on any atom is 0.127 e. The summed E-state index contributed by atoms with van der Waals surface area (Å²) in [4.78, 5) is 0. The van der Waals surface area contributed by atoms with E-state index >= 15 is 0 Å². The fraction of sp³-hybridized carbons (Fsp3) is 0.500. The van der Waals surface area contributed by atoms with Crippen molar-refractivity contribution in [2.45, 2.75) is 19.8 Å². The lowest BCUT2D eigenvalue weighted by molar-refractivity contribution is 0.158. The molecule has 0 radical (unpaired) electrons. The lowest BCUT2D eigenvalue weighted by Gasteiger charge is -2.42. The van der Waals surface area contributed by atoms with Crippen LogP contribution in [0, 0.1) is 11.2 Å². The van der Waals surface area contributed by atoms with Crippen LogP contribution in [-0.2, 0) is 6.42 Å². The average molecular weight is 228 g/mol. The number of hydrogen-bond donors (Lipinski definition) is 1. The van der Waals surface area contributed by atoms with Crippen molar-refractivity contribution in [2.75, 3.05) is 13.1 Å². The number of benzene rings is 1. The molecule has 0 atom stereocenters. The molecular formula is C12H15ClFN. The first-order valence-electron chi connectivity index (χ1n) is 5.30. The highest BCUT2D eigenvalue weighted by Gasteiger charge is 2.35. The van der Waals surface area contributed by atoms with Crippen LogP contribution in [0.1, 0.15) is 18.9 Å². The van der Waals surface area contributed by atoms with Gasteiger partial charge in [-0.25, -0.2) is 4.39 Å². The van der Waals surface area contributed by atoms with Gasteiger partial charge in [0.15, 0.2) is 0 Å². The van der Waals surface area contributed by atoms with Crippen molar-refractivity contribution in [3.63, 3.8) is 0 Å². The first-order chi connectivity index (χ1) is 7.15. The summed E-state index contributed by atoms with van der Waals surface area (Å²) in [6.45, 7) is 4.14. The van der Waals surface area contributed by atoms with Crippen LogP contribution in [0.5, 0.6) is 0 Å². The highest BCUT2D eigenvalue weighted by Crippen LogP contribution is 2.32. The number of halogens is 2. The van der Waals surface area contributed by atoms with Crippen LogP contribution in [0.15, 0.2) is 18.2 Å². The third-order valence-electron chi connectivity index (χ3n) is 3.33. The van der Waals surface area contributed by atoms with Gasteiger partial charge in [0.05, 0.1) is 0 Å². The summed E-state index contributed by atoms with van der Waals surface area (Å²) in [6.07, 6.45) is 1.89. The van der Waals surface area contributed by atoms with Gasteiger partial charge in [-0.15, -0.1) is 0 Å². The van der Waals surface area contributed by atoms with Gasteiger partial charge < -0.3 is 5.32 Å². The highest BCUT2D eigenvalue weighted by molar-refractivity contribution is 6.30. The second-order valence-corrected chi connectivity index (χ2v) is 4.81. The van der Waals surface area contributed by atoms with Crippen LogP contribution < -0.4 is 5.32 Å². The summed E-state index contributed by atoms with van der Waals surface area (Å²) >= 11 is 5.72. The summed E-state index contributed by atoms with van der Waals surface area (Å²) in [7, 11) is 0. The minimum atomic E-state index is -0.178. The SMILES string of the molecule is CCC1(Cc2ccc(Cl)cc2F)CNC1. The van der Waals surface area contributed by atoms with Gasteiger partial charge in [0.2, 0.25) is 0 Å². The molecule has 0 unspecified atom stereocenters. The quantitative estimate of drug-likeness (QED) is 0.837. The van der Waals surface area contributed by atoms with Gasteiger partial charge in [-0.3, -0.25) is 0 Å². The van der Waals surface area contributed by atoms with E-state index in [2.05, 4.69) is 12.2 Å². The molecule has 1 nitrogen and oxygen atoms in total. The number of rotatable bonds is 3. The average Bonchev–Trinajstić information content (AvgIpc) is 2.14. The third kappa shape index (κ3) is 2.16. The Hall–Kier alpha value is -0.600. The molecule has 0 saturated carbocycles. The predicted octanol–water partition coefficient (Wildman–Crippen LogP) is 3.02. The molecule has 1 fully saturated rings. The van der Waals surface area contributed by atoms with E-state index in [1.165, 1.54) is 6.07 Å². The zero-order chi connectivity index (χ0) is 10.9. The summed E-state index contributed by atoms with van der Waals surface area (Å²) in [5, 5.41) is 3.72. The molecule has 0 amide bonds. The molecule has 3 heteroatoms. The van der Waals surface area contributed by atoms with Crippen molar-refractivity contribution in [1.82, 2.24) is 5.32 Å². The van der Waals surface area contributed by atoms with Crippen molar-refractivity contribution in [2.24, 2.45) is 5.41 Å². The van der Waals surface area contributed by atoms with Gasteiger partial charge in [0, 0.05) is 18.1 Å². The molecule has 1 aromatic rings. The van der Waals surface area contributed by atoms with Crippen molar-refractivity contribution in [3.05, 3.63) is 34.6 Å². The van der Waals surface area contributed by atoms with Gasteiger partial charge in [-0.2, -0.15) is 0 Å². The van der Waals surface area contributed by atoms with Crippen molar-refractivity contribution >= 4 is 11.6 Å². The fourth-order valence-electron chi connectivity index (χ4n) is 2.05. The fourth-order valence-corrected chi connectivity index (χ4v) is 2.21. The monoisotopic (exact) mass is 227 g/mol. The smallest absolute Gasteiger partial charge is 0.127 e. The zero-order valence-corrected chi connectivity index (χ0v) is 9.57. The second-order valence-electron chi connectivity index (χ2n) is 4.37. The van der Waals surface area contributed by atoms with Gasteiger partial charge in [-0.1, -0.05) is 24.6 Å². The number of nitrogens with one attached hydrogen (secondary N) is 1. The maximum absolute atomic E-state index is 13.6. The standard InChI is InChI=1S/C12H15ClFN/c1-2-12(7-15-8-12)6-9-3-4-10(13)5-11(9)14/h3-5,15H,2,6-8H2,1H3. The molecule has 0 spiro atoms. The summed E-state index contributed by atoms with van der Waals surface area (Å²) in [5.41, 5.74) is 1.04. The first-order valence-corrected chi connectivity index (χ1v) is 5.68. The number of hydrogen-bond acceptors (Lipinski definition) is 1. The molecule has 82 valence electrons. The van der Waals surface area contributed by atoms with Gasteiger partial charge in [0.1, 0.15) is 5.82 Å². The molecule has 1 aliphatic heterocycles. The summed E-state index contributed by atoms with van der Waals surface area (Å²) in [6, 6.07) is 4.95. The van der Waals surface area contributed by atoms with Crippen molar-refractivity contribution < 1.29 is 4.39 Å². The zero-order valence-electron chi connectivity index (χ0n) is 8.82. The molecule has 1 saturated heterocycles. The summed E-state index contributed by atoms with van der Waals surface area (Å²) in [5.74, 6) is -0.178. The summed E-state index contributed by atoms with van der Waals surface area (Å²) < 4.78 is 13.6. The Morgan fingerprint density at radius 1 is 1.47 bits per heavy atom. The molecule has 0 bridgehead atoms. The Labute approximate surface area is 94.6 Å². The van der Waals surface area contributed by atoms with E-state index in [1.54, 1.807) is 12.1 Å². The van der Waals surface area contributed by atoms with E-state index in [4.69, 9.17) is 11.6 Å². The predicted molar refractivity (Wildman–Crippen MR) is 60.7 cm³/mol. The van der Waals surface area contributed by atoms with E-state index < -0.39 is 0 Å². The molecular weight excluding hydrogens is 213 g/mol. The lowest BCUT2D eigenvalue weighted by atomic mass is 9.74. The highest BCUT2D eigenvalue weighted by atomic mass is 35.5. The van der Waals surface area contributed by atoms with E-state index in [9.17, 15) is 4.39 Å². The third-order valence-corrected chi connectivity index (χ3v) is 3.57. The van der Waals surface area contributed by atoms with Crippen LogP contribution >= 0.6 is 11.6 Å². The van der Waals surface area contributed by atoms with Gasteiger partial charge in [0.25, 0.3) is 0 Å². The van der Waals surface area contributed by atoms with Crippen molar-refractivity contribution in [3.8, 4) is 0 Å². The lowest BCUT2D eigenvalue weighted by Crippen LogP contribution is -2.54. The molecule has 1 N–H and O–H groups in total. The molecule has 15 heavy (non-hydrogen) atoms. The van der Waals surface area contributed by atoms with Crippen molar-refractivity contribution in [1.29, 1.82) is 0 Å². The Kier molecular flexibility index (Phi) is 2.98. The second kappa shape index (κ2) is 4.11. The van der Waals surface area contributed by atoms with Crippen LogP contribution in [0.4, 0.5) is 4.39 Å². The van der Waals surface area contributed by atoms with Crippen LogP contribution in [0.25, 0.3) is 0 Å². The molecule has 2 rings (SSSR count). The van der Waals surface area contributed by atoms with E-state index in [0.717, 1.165) is 31.5 Å². The van der Waals surface area contributed by atoms with Crippen LogP contribution in [0.2, 0.25) is 5.02 Å². The Bertz CT molecular complexity index is 355. The van der Waals surface area contributed by atoms with E-state index in [-0.39, 0.29) is 11.2 Å². The molecule has 0 aliphatic carbocycles. The molecule has 1 heterocycles. The van der Waals surface area contributed by atoms with E-state index in [1.807, 2.05) is 0 Å². The van der Waals surface area contributed by atoms with E-state index in [0.29, 0.717) is 5.02 Å². The Balaban J connectivity index is 2.16. The minimum absolute atomic E-state index is 0.178.